The molecular weight excluding hydrogens is 264 g/mol. The highest BCUT2D eigenvalue weighted by atomic mass is 16.1. The lowest BCUT2D eigenvalue weighted by Crippen LogP contribution is -2.22. The zero-order chi connectivity index (χ0) is 15.1. The number of nitrogens with two attached hydrogens (primary N) is 1. The van der Waals surface area contributed by atoms with Crippen molar-refractivity contribution in [1.82, 2.24) is 9.78 Å². The van der Waals surface area contributed by atoms with E-state index in [9.17, 15) is 4.79 Å². The summed E-state index contributed by atoms with van der Waals surface area (Å²) in [5, 5.41) is 7.18. The van der Waals surface area contributed by atoms with Gasteiger partial charge in [0.15, 0.2) is 0 Å². The maximum Gasteiger partial charge on any atom is 0.224 e. The van der Waals surface area contributed by atoms with Gasteiger partial charge in [0.25, 0.3) is 0 Å². The van der Waals surface area contributed by atoms with E-state index in [-0.39, 0.29) is 11.8 Å². The molecule has 0 bridgehead atoms. The molecule has 1 atom stereocenters. The molecule has 1 heterocycles. The number of aromatic nitrogens is 2. The first-order chi connectivity index (χ1) is 10.2. The molecule has 0 aliphatic carbocycles. The summed E-state index contributed by atoms with van der Waals surface area (Å²) in [5.74, 6) is 0.253. The number of rotatable bonds is 7. The number of nitrogens with zero attached hydrogens (tertiary/aromatic N) is 2. The van der Waals surface area contributed by atoms with Crippen LogP contribution in [0.3, 0.4) is 0 Å². The summed E-state index contributed by atoms with van der Waals surface area (Å²) < 4.78 is 1.83. The lowest BCUT2D eigenvalue weighted by Gasteiger charge is -2.14. The number of amides is 1. The Morgan fingerprint density at radius 1 is 1.38 bits per heavy atom. The van der Waals surface area contributed by atoms with Crippen molar-refractivity contribution in [1.29, 1.82) is 0 Å². The molecule has 5 heteroatoms. The van der Waals surface area contributed by atoms with Crippen LogP contribution in [0.1, 0.15) is 25.3 Å². The highest BCUT2D eigenvalue weighted by Gasteiger charge is 2.12. The minimum atomic E-state index is 0.0141. The van der Waals surface area contributed by atoms with Crippen LogP contribution in [0.5, 0.6) is 0 Å². The number of nitrogens with one attached hydrogen (secondary N) is 1. The van der Waals surface area contributed by atoms with Gasteiger partial charge in [-0.2, -0.15) is 5.10 Å². The van der Waals surface area contributed by atoms with Gasteiger partial charge in [-0.1, -0.05) is 31.5 Å². The van der Waals surface area contributed by atoms with Crippen LogP contribution in [0.4, 0.5) is 5.69 Å². The van der Waals surface area contributed by atoms with Crippen molar-refractivity contribution in [2.45, 2.75) is 26.3 Å². The highest BCUT2D eigenvalue weighted by molar-refractivity contribution is 5.91. The fourth-order valence-corrected chi connectivity index (χ4v) is 2.21. The molecule has 2 aromatic rings. The van der Waals surface area contributed by atoms with Gasteiger partial charge in [-0.05, 0) is 30.2 Å². The van der Waals surface area contributed by atoms with Gasteiger partial charge in [-0.3, -0.25) is 9.48 Å². The number of carbonyl (C=O) groups excluding carboxylic acids is 1. The van der Waals surface area contributed by atoms with Gasteiger partial charge in [0.05, 0.1) is 6.54 Å². The van der Waals surface area contributed by atoms with Crippen LogP contribution < -0.4 is 11.1 Å². The SMILES string of the molecule is CCC(CN)CC(=O)Nc1ccccc1Cn1cccn1. The number of benzene rings is 1. The molecular formula is C16H22N4O. The van der Waals surface area contributed by atoms with Crippen molar-refractivity contribution >= 4 is 11.6 Å². The Kier molecular flexibility index (Phi) is 5.51. The smallest absolute Gasteiger partial charge is 0.224 e. The summed E-state index contributed by atoms with van der Waals surface area (Å²) in [6.45, 7) is 3.23. The van der Waals surface area contributed by atoms with E-state index < -0.39 is 0 Å². The van der Waals surface area contributed by atoms with Crippen molar-refractivity contribution in [3.05, 3.63) is 48.3 Å². The molecule has 0 saturated carbocycles. The van der Waals surface area contributed by atoms with Crippen LogP contribution in [0.15, 0.2) is 42.7 Å². The molecule has 5 nitrogen and oxygen atoms in total. The molecule has 0 saturated heterocycles. The first-order valence-electron chi connectivity index (χ1n) is 7.28. The summed E-state index contributed by atoms with van der Waals surface area (Å²) >= 11 is 0. The summed E-state index contributed by atoms with van der Waals surface area (Å²) in [6.07, 6.45) is 5.02. The number of hydrogen-bond acceptors (Lipinski definition) is 3. The average Bonchev–Trinajstić information content (AvgIpc) is 3.00. The molecule has 0 fully saturated rings. The normalized spacial score (nSPS) is 12.1. The zero-order valence-corrected chi connectivity index (χ0v) is 12.3. The molecule has 2 rings (SSSR count). The fourth-order valence-electron chi connectivity index (χ4n) is 2.21. The molecule has 0 spiro atoms. The second kappa shape index (κ2) is 7.59. The van der Waals surface area contributed by atoms with Crippen LogP contribution in [0.25, 0.3) is 0 Å². The lowest BCUT2D eigenvalue weighted by atomic mass is 10.0. The van der Waals surface area contributed by atoms with E-state index in [0.717, 1.165) is 17.7 Å². The largest absolute Gasteiger partial charge is 0.330 e. The summed E-state index contributed by atoms with van der Waals surface area (Å²) in [5.41, 5.74) is 7.53. The van der Waals surface area contributed by atoms with Crippen molar-refractivity contribution in [2.75, 3.05) is 11.9 Å². The first-order valence-corrected chi connectivity index (χ1v) is 7.28. The molecule has 1 amide bonds. The van der Waals surface area contributed by atoms with Crippen LogP contribution in [0, 0.1) is 5.92 Å². The second-order valence-electron chi connectivity index (χ2n) is 5.12. The Morgan fingerprint density at radius 3 is 2.86 bits per heavy atom. The maximum absolute atomic E-state index is 12.1. The lowest BCUT2D eigenvalue weighted by molar-refractivity contribution is -0.117. The molecule has 21 heavy (non-hydrogen) atoms. The van der Waals surface area contributed by atoms with Crippen LogP contribution >= 0.6 is 0 Å². The molecule has 1 aromatic heterocycles. The maximum atomic E-state index is 12.1. The fraction of sp³-hybridized carbons (Fsp3) is 0.375. The van der Waals surface area contributed by atoms with E-state index in [4.69, 9.17) is 5.73 Å². The summed E-state index contributed by atoms with van der Waals surface area (Å²) in [6, 6.07) is 9.68. The van der Waals surface area contributed by atoms with Crippen LogP contribution in [0.2, 0.25) is 0 Å². The standard InChI is InChI=1S/C16H22N4O/c1-2-13(11-17)10-16(21)19-15-7-4-3-6-14(15)12-20-9-5-8-18-20/h3-9,13H,2,10-12,17H2,1H3,(H,19,21). The van der Waals surface area contributed by atoms with Gasteiger partial charge in [-0.15, -0.1) is 0 Å². The number of carbonyl (C=O) groups is 1. The Bertz CT molecular complexity index is 561. The van der Waals surface area contributed by atoms with Crippen molar-refractivity contribution < 1.29 is 4.79 Å². The van der Waals surface area contributed by atoms with Gasteiger partial charge in [-0.25, -0.2) is 0 Å². The summed E-state index contributed by atoms with van der Waals surface area (Å²) in [7, 11) is 0. The highest BCUT2D eigenvalue weighted by Crippen LogP contribution is 2.17. The van der Waals surface area contributed by atoms with Crippen molar-refractivity contribution in [2.24, 2.45) is 11.7 Å². The third-order valence-corrected chi connectivity index (χ3v) is 3.57. The van der Waals surface area contributed by atoms with E-state index >= 15 is 0 Å². The topological polar surface area (TPSA) is 72.9 Å². The minimum absolute atomic E-state index is 0.0141. The van der Waals surface area contributed by atoms with E-state index in [2.05, 4.69) is 17.3 Å². The quantitative estimate of drug-likeness (QED) is 0.820. The monoisotopic (exact) mass is 286 g/mol. The van der Waals surface area contributed by atoms with E-state index in [1.54, 1.807) is 6.20 Å². The Labute approximate surface area is 125 Å². The second-order valence-corrected chi connectivity index (χ2v) is 5.12. The number of hydrogen-bond donors (Lipinski definition) is 2. The van der Waals surface area contributed by atoms with Crippen molar-refractivity contribution in [3.8, 4) is 0 Å². The Hall–Kier alpha value is -2.14. The molecule has 0 aliphatic heterocycles. The minimum Gasteiger partial charge on any atom is -0.330 e. The predicted molar refractivity (Wildman–Crippen MR) is 83.9 cm³/mol. The van der Waals surface area contributed by atoms with Gasteiger partial charge < -0.3 is 11.1 Å². The van der Waals surface area contributed by atoms with Gasteiger partial charge in [0.1, 0.15) is 0 Å². The van der Waals surface area contributed by atoms with Gasteiger partial charge >= 0.3 is 0 Å². The molecule has 0 radical (unpaired) electrons. The molecule has 1 aromatic carbocycles. The van der Waals surface area contributed by atoms with Gasteiger partial charge in [0, 0.05) is 24.5 Å². The number of anilines is 1. The molecule has 112 valence electrons. The van der Waals surface area contributed by atoms with Crippen molar-refractivity contribution in [3.63, 3.8) is 0 Å². The first kappa shape index (κ1) is 15.3. The van der Waals surface area contributed by atoms with Gasteiger partial charge in [0.2, 0.25) is 5.91 Å². The third-order valence-electron chi connectivity index (χ3n) is 3.57. The number of para-hydroxylation sites is 1. The predicted octanol–water partition coefficient (Wildman–Crippen LogP) is 2.24. The summed E-state index contributed by atoms with van der Waals surface area (Å²) in [4.78, 5) is 12.1. The van der Waals surface area contributed by atoms with E-state index in [1.165, 1.54) is 0 Å². The molecule has 3 N–H and O–H groups in total. The van der Waals surface area contributed by atoms with Crippen LogP contribution in [-0.4, -0.2) is 22.2 Å². The van der Waals surface area contributed by atoms with E-state index in [0.29, 0.717) is 19.5 Å². The zero-order valence-electron chi connectivity index (χ0n) is 12.3. The van der Waals surface area contributed by atoms with E-state index in [1.807, 2.05) is 41.2 Å². The Balaban J connectivity index is 2.04. The average molecular weight is 286 g/mol. The Morgan fingerprint density at radius 2 is 2.19 bits per heavy atom. The molecule has 1 unspecified atom stereocenters. The van der Waals surface area contributed by atoms with Crippen LogP contribution in [-0.2, 0) is 11.3 Å². The molecule has 0 aliphatic rings. The third kappa shape index (κ3) is 4.43.